The largest absolute Gasteiger partial charge is 0.395 e. The van der Waals surface area contributed by atoms with Gasteiger partial charge in [0.05, 0.1) is 13.2 Å². The second kappa shape index (κ2) is 7.52. The van der Waals surface area contributed by atoms with Crippen molar-refractivity contribution in [3.05, 3.63) is 35.9 Å². The SMILES string of the molecule is OC[C@H](Cc1ccccc1)NCC1CCCOC1. The molecule has 2 atom stereocenters. The van der Waals surface area contributed by atoms with E-state index < -0.39 is 0 Å². The molecule has 0 aromatic heterocycles. The van der Waals surface area contributed by atoms with Crippen LogP contribution in [-0.4, -0.2) is 37.5 Å². The molecule has 1 unspecified atom stereocenters. The van der Waals surface area contributed by atoms with Gasteiger partial charge in [0.1, 0.15) is 0 Å². The number of hydrogen-bond donors (Lipinski definition) is 2. The van der Waals surface area contributed by atoms with Gasteiger partial charge in [-0.2, -0.15) is 0 Å². The second-order valence-electron chi connectivity index (χ2n) is 5.06. The van der Waals surface area contributed by atoms with Crippen LogP contribution in [0.5, 0.6) is 0 Å². The molecular formula is C15H23NO2. The fourth-order valence-electron chi connectivity index (χ4n) is 2.40. The van der Waals surface area contributed by atoms with Crippen LogP contribution in [-0.2, 0) is 11.2 Å². The number of rotatable bonds is 6. The zero-order valence-corrected chi connectivity index (χ0v) is 10.8. The monoisotopic (exact) mass is 249 g/mol. The van der Waals surface area contributed by atoms with Crippen LogP contribution in [0, 0.1) is 5.92 Å². The molecular weight excluding hydrogens is 226 g/mol. The molecule has 0 spiro atoms. The van der Waals surface area contributed by atoms with E-state index in [1.165, 1.54) is 12.0 Å². The van der Waals surface area contributed by atoms with E-state index in [0.29, 0.717) is 5.92 Å². The Balaban J connectivity index is 1.75. The number of aliphatic hydroxyl groups is 1. The van der Waals surface area contributed by atoms with Gasteiger partial charge in [0.2, 0.25) is 0 Å². The lowest BCUT2D eigenvalue weighted by molar-refractivity contribution is 0.0528. The van der Waals surface area contributed by atoms with Crippen LogP contribution in [0.15, 0.2) is 30.3 Å². The maximum absolute atomic E-state index is 9.42. The van der Waals surface area contributed by atoms with Gasteiger partial charge in [-0.3, -0.25) is 0 Å². The highest BCUT2D eigenvalue weighted by Gasteiger charge is 2.15. The fraction of sp³-hybridized carbons (Fsp3) is 0.600. The molecule has 0 aliphatic carbocycles. The summed E-state index contributed by atoms with van der Waals surface area (Å²) >= 11 is 0. The van der Waals surface area contributed by atoms with Crippen molar-refractivity contribution in [3.63, 3.8) is 0 Å². The van der Waals surface area contributed by atoms with Gasteiger partial charge in [-0.05, 0) is 30.7 Å². The number of benzene rings is 1. The lowest BCUT2D eigenvalue weighted by Gasteiger charge is -2.25. The van der Waals surface area contributed by atoms with E-state index in [4.69, 9.17) is 4.74 Å². The molecule has 1 aliphatic rings. The molecule has 1 saturated heterocycles. The van der Waals surface area contributed by atoms with Gasteiger partial charge in [0, 0.05) is 19.2 Å². The Hall–Kier alpha value is -0.900. The first-order valence-electron chi connectivity index (χ1n) is 6.84. The van der Waals surface area contributed by atoms with E-state index in [1.807, 2.05) is 18.2 Å². The van der Waals surface area contributed by atoms with Crippen LogP contribution in [0.1, 0.15) is 18.4 Å². The zero-order chi connectivity index (χ0) is 12.6. The summed E-state index contributed by atoms with van der Waals surface area (Å²) in [5.41, 5.74) is 1.27. The van der Waals surface area contributed by atoms with Crippen LogP contribution < -0.4 is 5.32 Å². The highest BCUT2D eigenvalue weighted by atomic mass is 16.5. The van der Waals surface area contributed by atoms with Crippen LogP contribution in [0.3, 0.4) is 0 Å². The first kappa shape index (κ1) is 13.5. The number of nitrogens with one attached hydrogen (secondary N) is 1. The van der Waals surface area contributed by atoms with E-state index in [1.54, 1.807) is 0 Å². The summed E-state index contributed by atoms with van der Waals surface area (Å²) in [6.45, 7) is 2.89. The summed E-state index contributed by atoms with van der Waals surface area (Å²) in [5, 5.41) is 12.9. The van der Waals surface area contributed by atoms with Crippen molar-refractivity contribution < 1.29 is 9.84 Å². The molecule has 1 fully saturated rings. The highest BCUT2D eigenvalue weighted by Crippen LogP contribution is 2.12. The predicted octanol–water partition coefficient (Wildman–Crippen LogP) is 1.61. The quantitative estimate of drug-likeness (QED) is 0.805. The van der Waals surface area contributed by atoms with Gasteiger partial charge < -0.3 is 15.2 Å². The lowest BCUT2D eigenvalue weighted by atomic mass is 10.0. The van der Waals surface area contributed by atoms with Gasteiger partial charge in [0.15, 0.2) is 0 Å². The molecule has 1 aromatic carbocycles. The van der Waals surface area contributed by atoms with E-state index in [9.17, 15) is 5.11 Å². The molecule has 2 rings (SSSR count). The summed E-state index contributed by atoms with van der Waals surface area (Å²) in [5.74, 6) is 0.601. The van der Waals surface area contributed by atoms with Crippen LogP contribution in [0.2, 0.25) is 0 Å². The van der Waals surface area contributed by atoms with Crippen molar-refractivity contribution in [2.45, 2.75) is 25.3 Å². The van der Waals surface area contributed by atoms with Crippen molar-refractivity contribution in [1.82, 2.24) is 5.32 Å². The molecule has 0 amide bonds. The van der Waals surface area contributed by atoms with Gasteiger partial charge in [0.25, 0.3) is 0 Å². The van der Waals surface area contributed by atoms with Crippen LogP contribution in [0.25, 0.3) is 0 Å². The normalized spacial score (nSPS) is 21.7. The lowest BCUT2D eigenvalue weighted by Crippen LogP contribution is -2.39. The van der Waals surface area contributed by atoms with Gasteiger partial charge in [-0.25, -0.2) is 0 Å². The summed E-state index contributed by atoms with van der Waals surface area (Å²) in [7, 11) is 0. The zero-order valence-electron chi connectivity index (χ0n) is 10.8. The fourth-order valence-corrected chi connectivity index (χ4v) is 2.40. The minimum atomic E-state index is 0.148. The summed E-state index contributed by atoms with van der Waals surface area (Å²) in [4.78, 5) is 0. The van der Waals surface area contributed by atoms with Crippen molar-refractivity contribution in [2.24, 2.45) is 5.92 Å². The first-order chi connectivity index (χ1) is 8.88. The van der Waals surface area contributed by atoms with Crippen LogP contribution in [0.4, 0.5) is 0 Å². The third-order valence-electron chi connectivity index (χ3n) is 3.50. The summed E-state index contributed by atoms with van der Waals surface area (Å²) < 4.78 is 5.46. The maximum atomic E-state index is 9.42. The Morgan fingerprint density at radius 2 is 2.17 bits per heavy atom. The molecule has 1 aliphatic heterocycles. The predicted molar refractivity (Wildman–Crippen MR) is 72.6 cm³/mol. The van der Waals surface area contributed by atoms with E-state index in [-0.39, 0.29) is 12.6 Å². The second-order valence-corrected chi connectivity index (χ2v) is 5.06. The van der Waals surface area contributed by atoms with Crippen molar-refractivity contribution in [2.75, 3.05) is 26.4 Å². The van der Waals surface area contributed by atoms with E-state index in [0.717, 1.165) is 32.6 Å². The molecule has 100 valence electrons. The Morgan fingerprint density at radius 3 is 2.83 bits per heavy atom. The van der Waals surface area contributed by atoms with Crippen molar-refractivity contribution >= 4 is 0 Å². The standard InChI is InChI=1S/C15H23NO2/c17-11-15(9-13-5-2-1-3-6-13)16-10-14-7-4-8-18-12-14/h1-3,5-6,14-17H,4,7-12H2/t14?,15-/m0/s1. The molecule has 1 heterocycles. The third-order valence-corrected chi connectivity index (χ3v) is 3.50. The molecule has 0 saturated carbocycles. The molecule has 0 bridgehead atoms. The Labute approximate surface area is 109 Å². The topological polar surface area (TPSA) is 41.5 Å². The Morgan fingerprint density at radius 1 is 1.33 bits per heavy atom. The van der Waals surface area contributed by atoms with Gasteiger partial charge >= 0.3 is 0 Å². The minimum Gasteiger partial charge on any atom is -0.395 e. The van der Waals surface area contributed by atoms with Crippen molar-refractivity contribution in [3.8, 4) is 0 Å². The number of aliphatic hydroxyl groups excluding tert-OH is 1. The average Bonchev–Trinajstić information content (AvgIpc) is 2.45. The molecule has 18 heavy (non-hydrogen) atoms. The summed E-state index contributed by atoms with van der Waals surface area (Å²) in [6.07, 6.45) is 3.27. The van der Waals surface area contributed by atoms with Gasteiger partial charge in [-0.1, -0.05) is 30.3 Å². The summed E-state index contributed by atoms with van der Waals surface area (Å²) in [6, 6.07) is 10.5. The minimum absolute atomic E-state index is 0.148. The van der Waals surface area contributed by atoms with Gasteiger partial charge in [-0.15, -0.1) is 0 Å². The first-order valence-corrected chi connectivity index (χ1v) is 6.84. The number of hydrogen-bond acceptors (Lipinski definition) is 3. The van der Waals surface area contributed by atoms with Crippen molar-refractivity contribution in [1.29, 1.82) is 0 Å². The average molecular weight is 249 g/mol. The Kier molecular flexibility index (Phi) is 5.65. The van der Waals surface area contributed by atoms with E-state index >= 15 is 0 Å². The highest BCUT2D eigenvalue weighted by molar-refractivity contribution is 5.15. The van der Waals surface area contributed by atoms with E-state index in [2.05, 4.69) is 17.4 Å². The smallest absolute Gasteiger partial charge is 0.0587 e. The molecule has 0 radical (unpaired) electrons. The molecule has 3 heteroatoms. The molecule has 3 nitrogen and oxygen atoms in total. The Bertz CT molecular complexity index is 323. The number of ether oxygens (including phenoxy) is 1. The third kappa shape index (κ3) is 4.41. The molecule has 1 aromatic rings. The van der Waals surface area contributed by atoms with Crippen LogP contribution >= 0.6 is 0 Å². The maximum Gasteiger partial charge on any atom is 0.0587 e. The molecule has 2 N–H and O–H groups in total.